The van der Waals surface area contributed by atoms with Crippen LogP contribution in [0.3, 0.4) is 0 Å². The predicted octanol–water partition coefficient (Wildman–Crippen LogP) is 18.8. The van der Waals surface area contributed by atoms with Crippen LogP contribution in [0.15, 0.2) is 194 Å². The number of fused-ring (bicyclic) bond motifs is 15. The second-order valence-electron chi connectivity index (χ2n) is 26.4. The van der Waals surface area contributed by atoms with Gasteiger partial charge in [0.05, 0.1) is 11.1 Å². The molecule has 0 bridgehead atoms. The largest absolute Gasteiger partial charge is 0.311 e. The van der Waals surface area contributed by atoms with E-state index in [4.69, 9.17) is 0 Å². The van der Waals surface area contributed by atoms with Crippen molar-refractivity contribution in [1.29, 1.82) is 0 Å². The number of thiophene rings is 1. The van der Waals surface area contributed by atoms with Crippen molar-refractivity contribution in [2.45, 2.75) is 111 Å². The molecule has 14 rings (SSSR count). The van der Waals surface area contributed by atoms with Crippen LogP contribution in [0.1, 0.15) is 131 Å². The minimum atomic E-state index is -0.494. The Kier molecular flexibility index (Phi) is 10.9. The van der Waals surface area contributed by atoms with E-state index in [1.54, 1.807) is 0 Å². The van der Waals surface area contributed by atoms with Gasteiger partial charge in [-0.2, -0.15) is 0 Å². The van der Waals surface area contributed by atoms with E-state index in [0.717, 1.165) is 5.69 Å². The van der Waals surface area contributed by atoms with Crippen molar-refractivity contribution in [2.75, 3.05) is 9.80 Å². The van der Waals surface area contributed by atoms with Crippen LogP contribution in [0.5, 0.6) is 0 Å². The Morgan fingerprint density at radius 1 is 0.443 bits per heavy atom. The quantitative estimate of drug-likeness (QED) is 0.159. The highest BCUT2D eigenvalue weighted by molar-refractivity contribution is 7.30. The summed E-state index contributed by atoms with van der Waals surface area (Å²) in [6, 6.07) is 75.8. The highest BCUT2D eigenvalue weighted by Gasteiger charge is 2.57. The lowest BCUT2D eigenvalue weighted by Crippen LogP contribution is -2.60. The molecule has 388 valence electrons. The number of hydrogen-bond acceptors (Lipinski definition) is 3. The van der Waals surface area contributed by atoms with Gasteiger partial charge in [-0.05, 0) is 166 Å². The van der Waals surface area contributed by atoms with Crippen molar-refractivity contribution < 1.29 is 0 Å². The third-order valence-corrected chi connectivity index (χ3v) is 19.3. The fourth-order valence-electron chi connectivity index (χ4n) is 13.9. The van der Waals surface area contributed by atoms with Crippen LogP contribution >= 0.6 is 11.3 Å². The Balaban J connectivity index is 1.11. The summed E-state index contributed by atoms with van der Waals surface area (Å²) in [5.41, 5.74) is 30.6. The summed E-state index contributed by atoms with van der Waals surface area (Å²) in [5.74, 6) is 0.379. The minimum absolute atomic E-state index is 0.00698. The summed E-state index contributed by atoms with van der Waals surface area (Å²) >= 11 is 2.08. The van der Waals surface area contributed by atoms with E-state index in [1.165, 1.54) is 138 Å². The summed E-state index contributed by atoms with van der Waals surface area (Å²) in [6.45, 7) is 27.8. The lowest BCUT2D eigenvalue weighted by Gasteiger charge is -2.44. The second kappa shape index (κ2) is 17.4. The molecular weight excluding hydrogens is 972 g/mol. The smallest absolute Gasteiger partial charge is 0.264 e. The Morgan fingerprint density at radius 3 is 1.58 bits per heavy atom. The normalized spacial score (nSPS) is 14.5. The summed E-state index contributed by atoms with van der Waals surface area (Å²) in [5, 5.41) is 0. The summed E-state index contributed by atoms with van der Waals surface area (Å²) in [7, 11) is 0. The van der Waals surface area contributed by atoms with E-state index in [-0.39, 0.29) is 23.0 Å². The number of rotatable bonds is 5. The molecule has 0 fully saturated rings. The molecule has 1 spiro atoms. The summed E-state index contributed by atoms with van der Waals surface area (Å²) < 4.78 is 1.40. The van der Waals surface area contributed by atoms with Gasteiger partial charge in [-0.1, -0.05) is 228 Å². The molecule has 0 unspecified atom stereocenters. The molecule has 1 aromatic heterocycles. The third kappa shape index (κ3) is 7.36. The highest BCUT2D eigenvalue weighted by atomic mass is 32.1. The van der Waals surface area contributed by atoms with E-state index in [1.807, 2.05) is 0 Å². The Labute approximate surface area is 473 Å². The molecule has 2 aliphatic heterocycles. The van der Waals surface area contributed by atoms with Crippen LogP contribution in [0, 0.1) is 6.92 Å². The number of benzene rings is 9. The van der Waals surface area contributed by atoms with Gasteiger partial charge in [-0.25, -0.2) is 0 Å². The van der Waals surface area contributed by atoms with E-state index in [2.05, 4.69) is 298 Å². The predicted molar refractivity (Wildman–Crippen MR) is 340 cm³/mol. The van der Waals surface area contributed by atoms with Gasteiger partial charge in [-0.3, -0.25) is 0 Å². The minimum Gasteiger partial charge on any atom is -0.311 e. The van der Waals surface area contributed by atoms with Gasteiger partial charge < -0.3 is 9.80 Å². The van der Waals surface area contributed by atoms with Crippen LogP contribution < -0.4 is 25.5 Å². The maximum atomic E-state index is 2.69. The molecule has 2 nitrogen and oxygen atoms in total. The standard InChI is InChI=1S/C75H69BN2S/c1-45(2)48-26-37-58-62(42-48)75(60-24-18-16-22-56(60)57-23-17-19-25-61(57)75)70-67(58)69-71(79-70)76-63-39-27-49(59-44-52(74(10,11)12)32-38-55(59)47-20-14-13-15-21-47)43-64(63)77(53-33-28-50(29-34-53)72(4,5)6)65-40-46(3)41-66(68(65)76)78(69)54-35-30-51(31-36-54)73(7,8)9/h13-45H,1-12H3. The van der Waals surface area contributed by atoms with Crippen LogP contribution in [-0.4, -0.2) is 6.71 Å². The van der Waals surface area contributed by atoms with Crippen LogP contribution in [0.2, 0.25) is 0 Å². The van der Waals surface area contributed by atoms with Crippen molar-refractivity contribution in [3.63, 3.8) is 0 Å². The number of nitrogens with zero attached hydrogens (tertiary/aromatic N) is 2. The molecule has 79 heavy (non-hydrogen) atoms. The van der Waals surface area contributed by atoms with Gasteiger partial charge in [0.2, 0.25) is 0 Å². The summed E-state index contributed by atoms with van der Waals surface area (Å²) in [4.78, 5) is 6.73. The molecular formula is C75H69BN2S. The van der Waals surface area contributed by atoms with Gasteiger partial charge >= 0.3 is 0 Å². The van der Waals surface area contributed by atoms with E-state index >= 15 is 0 Å². The first-order valence-electron chi connectivity index (χ1n) is 28.6. The molecule has 0 atom stereocenters. The zero-order chi connectivity index (χ0) is 54.7. The molecule has 9 aromatic carbocycles. The first-order chi connectivity index (χ1) is 37.8. The second-order valence-corrected chi connectivity index (χ2v) is 27.4. The number of aryl methyl sites for hydroxylation is 1. The Bertz CT molecular complexity index is 4070. The zero-order valence-electron chi connectivity index (χ0n) is 47.9. The van der Waals surface area contributed by atoms with Crippen molar-refractivity contribution >= 4 is 67.9 Å². The average molecular weight is 1040 g/mol. The average Bonchev–Trinajstić information content (AvgIpc) is 1.98. The number of anilines is 6. The van der Waals surface area contributed by atoms with Gasteiger partial charge in [0.15, 0.2) is 0 Å². The topological polar surface area (TPSA) is 6.48 Å². The number of hydrogen-bond donors (Lipinski definition) is 0. The Morgan fingerprint density at radius 2 is 0.987 bits per heavy atom. The molecule has 4 aliphatic rings. The maximum Gasteiger partial charge on any atom is 0.264 e. The fourth-order valence-corrected chi connectivity index (χ4v) is 15.5. The molecule has 4 heteroatoms. The SMILES string of the molecule is Cc1cc2c3c(c1)N(c1ccc(C(C)(C)C)cc1)c1c(sc4c1-c1ccc(C(C)C)cc1C41c4ccccc4-c4ccccc41)B3c1ccc(-c3cc(C(C)(C)C)ccc3-c3ccccc3)cc1N2c1ccc(C(C)(C)C)cc1. The van der Waals surface area contributed by atoms with Crippen molar-refractivity contribution in [1.82, 2.24) is 0 Å². The van der Waals surface area contributed by atoms with Crippen LogP contribution in [0.25, 0.3) is 44.5 Å². The van der Waals surface area contributed by atoms with Gasteiger partial charge in [0, 0.05) is 43.7 Å². The first kappa shape index (κ1) is 49.6. The molecule has 10 aromatic rings. The van der Waals surface area contributed by atoms with E-state index in [0.29, 0.717) is 5.92 Å². The summed E-state index contributed by atoms with van der Waals surface area (Å²) in [6.07, 6.45) is 0. The van der Waals surface area contributed by atoms with E-state index in [9.17, 15) is 0 Å². The first-order valence-corrected chi connectivity index (χ1v) is 29.5. The van der Waals surface area contributed by atoms with Crippen molar-refractivity contribution in [3.8, 4) is 44.5 Å². The Hall–Kier alpha value is -7.66. The fraction of sp³-hybridized carbons (Fsp3) is 0.227. The molecule has 0 N–H and O–H groups in total. The molecule has 0 saturated carbocycles. The van der Waals surface area contributed by atoms with Crippen LogP contribution in [-0.2, 0) is 21.7 Å². The van der Waals surface area contributed by atoms with Gasteiger partial charge in [0.25, 0.3) is 6.71 Å². The molecule has 2 aliphatic carbocycles. The third-order valence-electron chi connectivity index (χ3n) is 18.0. The lowest BCUT2D eigenvalue weighted by atomic mass is 9.36. The maximum absolute atomic E-state index is 2.69. The van der Waals surface area contributed by atoms with Crippen molar-refractivity contribution in [2.24, 2.45) is 0 Å². The van der Waals surface area contributed by atoms with Gasteiger partial charge in [-0.15, -0.1) is 11.3 Å². The molecule has 3 heterocycles. The lowest BCUT2D eigenvalue weighted by molar-refractivity contribution is 0.590. The molecule has 0 radical (unpaired) electrons. The van der Waals surface area contributed by atoms with Crippen LogP contribution in [0.4, 0.5) is 34.1 Å². The highest BCUT2D eigenvalue weighted by Crippen LogP contribution is 2.67. The van der Waals surface area contributed by atoms with Gasteiger partial charge in [0.1, 0.15) is 0 Å². The molecule has 0 saturated heterocycles. The molecule has 0 amide bonds. The van der Waals surface area contributed by atoms with E-state index < -0.39 is 5.41 Å². The zero-order valence-corrected chi connectivity index (χ0v) is 48.7. The van der Waals surface area contributed by atoms with Crippen molar-refractivity contribution in [3.05, 3.63) is 244 Å². The monoisotopic (exact) mass is 1040 g/mol.